The third-order valence-electron chi connectivity index (χ3n) is 5.14. The zero-order valence-corrected chi connectivity index (χ0v) is 14.6. The molecule has 0 unspecified atom stereocenters. The predicted octanol–water partition coefficient (Wildman–Crippen LogP) is 3.71. The van der Waals surface area contributed by atoms with Gasteiger partial charge in [-0.2, -0.15) is 0 Å². The highest BCUT2D eigenvalue weighted by atomic mass is 16.5. The maximum absolute atomic E-state index is 12.7. The van der Waals surface area contributed by atoms with Gasteiger partial charge in [-0.3, -0.25) is 9.69 Å². The summed E-state index contributed by atoms with van der Waals surface area (Å²) in [6, 6.07) is 2.43. The lowest BCUT2D eigenvalue weighted by Gasteiger charge is -2.34. The number of likely N-dealkylation sites (tertiary alicyclic amines) is 1. The number of aromatic nitrogens is 1. The fraction of sp³-hybridized carbons (Fsp3) is 0.778. The number of amides is 1. The fourth-order valence-electron chi connectivity index (χ4n) is 3.82. The number of nitrogens with zero attached hydrogens (tertiary/aromatic N) is 2. The van der Waals surface area contributed by atoms with Gasteiger partial charge in [0.2, 0.25) is 5.91 Å². The molecule has 1 aromatic rings. The highest BCUT2D eigenvalue weighted by molar-refractivity contribution is 5.94. The number of rotatable bonds is 3. The molecule has 0 bridgehead atoms. The molecule has 23 heavy (non-hydrogen) atoms. The standard InChI is InChI=1S/C18H29N3O2/c1-18(2,3)15-12-16(20-23-15)19-17(22)14-10-7-11-21(14)13-8-5-4-6-9-13/h12-14H,4-11H2,1-3H3,(H,19,20,22)/t14-/m0/s1. The van der Waals surface area contributed by atoms with Gasteiger partial charge in [0.25, 0.3) is 0 Å². The van der Waals surface area contributed by atoms with Crippen LogP contribution in [0.4, 0.5) is 5.82 Å². The summed E-state index contributed by atoms with van der Waals surface area (Å²) in [7, 11) is 0. The molecule has 0 aromatic carbocycles. The molecule has 1 atom stereocenters. The van der Waals surface area contributed by atoms with Gasteiger partial charge < -0.3 is 9.84 Å². The summed E-state index contributed by atoms with van der Waals surface area (Å²) in [5.41, 5.74) is -0.0997. The number of hydrogen-bond acceptors (Lipinski definition) is 4. The van der Waals surface area contributed by atoms with E-state index in [0.717, 1.165) is 25.1 Å². The number of hydrogen-bond donors (Lipinski definition) is 1. The van der Waals surface area contributed by atoms with E-state index >= 15 is 0 Å². The summed E-state index contributed by atoms with van der Waals surface area (Å²) in [5, 5.41) is 6.97. The Bertz CT molecular complexity index is 541. The molecule has 5 heteroatoms. The maximum atomic E-state index is 12.7. The smallest absolute Gasteiger partial charge is 0.242 e. The van der Waals surface area contributed by atoms with E-state index in [0.29, 0.717) is 11.9 Å². The van der Waals surface area contributed by atoms with Gasteiger partial charge in [-0.15, -0.1) is 0 Å². The molecular weight excluding hydrogens is 290 g/mol. The van der Waals surface area contributed by atoms with Crippen LogP contribution in [0.3, 0.4) is 0 Å². The van der Waals surface area contributed by atoms with Crippen molar-refractivity contribution in [1.29, 1.82) is 0 Å². The van der Waals surface area contributed by atoms with Crippen molar-refractivity contribution < 1.29 is 9.32 Å². The van der Waals surface area contributed by atoms with Gasteiger partial charge >= 0.3 is 0 Å². The van der Waals surface area contributed by atoms with Crippen LogP contribution < -0.4 is 5.32 Å². The van der Waals surface area contributed by atoms with Crippen LogP contribution in [0.5, 0.6) is 0 Å². The third-order valence-corrected chi connectivity index (χ3v) is 5.14. The molecule has 1 aromatic heterocycles. The van der Waals surface area contributed by atoms with Crippen LogP contribution in [-0.2, 0) is 10.2 Å². The highest BCUT2D eigenvalue weighted by Crippen LogP contribution is 2.30. The van der Waals surface area contributed by atoms with Gasteiger partial charge in [0.05, 0.1) is 6.04 Å². The van der Waals surface area contributed by atoms with E-state index in [4.69, 9.17) is 4.52 Å². The summed E-state index contributed by atoms with van der Waals surface area (Å²) < 4.78 is 5.36. The second-order valence-electron chi connectivity index (χ2n) is 8.00. The van der Waals surface area contributed by atoms with Crippen molar-refractivity contribution >= 4 is 11.7 Å². The Hall–Kier alpha value is -1.36. The first kappa shape index (κ1) is 16.5. The molecule has 0 spiro atoms. The van der Waals surface area contributed by atoms with Crippen molar-refractivity contribution in [3.63, 3.8) is 0 Å². The minimum Gasteiger partial charge on any atom is -0.359 e. The van der Waals surface area contributed by atoms with Gasteiger partial charge in [0, 0.05) is 17.5 Å². The van der Waals surface area contributed by atoms with Crippen molar-refractivity contribution in [3.8, 4) is 0 Å². The number of carbonyl (C=O) groups is 1. The maximum Gasteiger partial charge on any atom is 0.242 e. The van der Waals surface area contributed by atoms with E-state index in [1.165, 1.54) is 32.1 Å². The number of carbonyl (C=O) groups excluding carboxylic acids is 1. The SMILES string of the molecule is CC(C)(C)c1cc(NC(=O)[C@@H]2CCCN2C2CCCCC2)no1. The van der Waals surface area contributed by atoms with Gasteiger partial charge in [0.1, 0.15) is 5.76 Å². The van der Waals surface area contributed by atoms with Crippen LogP contribution in [0.2, 0.25) is 0 Å². The van der Waals surface area contributed by atoms with Crippen molar-refractivity contribution in [3.05, 3.63) is 11.8 Å². The molecule has 2 fully saturated rings. The minimum atomic E-state index is -0.0997. The molecule has 1 saturated carbocycles. The monoisotopic (exact) mass is 319 g/mol. The average molecular weight is 319 g/mol. The third kappa shape index (κ3) is 3.77. The van der Waals surface area contributed by atoms with E-state index in [9.17, 15) is 4.79 Å². The Kier molecular flexibility index (Phi) is 4.76. The number of anilines is 1. The Balaban J connectivity index is 1.63. The molecule has 3 rings (SSSR count). The summed E-state index contributed by atoms with van der Waals surface area (Å²) >= 11 is 0. The first-order valence-electron chi connectivity index (χ1n) is 8.99. The summed E-state index contributed by atoms with van der Waals surface area (Å²) in [6.45, 7) is 7.26. The topological polar surface area (TPSA) is 58.4 Å². The van der Waals surface area contributed by atoms with Gasteiger partial charge in [-0.1, -0.05) is 45.2 Å². The lowest BCUT2D eigenvalue weighted by Crippen LogP contribution is -2.46. The van der Waals surface area contributed by atoms with Crippen molar-refractivity contribution in [1.82, 2.24) is 10.1 Å². The molecule has 2 aliphatic rings. The second-order valence-corrected chi connectivity index (χ2v) is 8.00. The van der Waals surface area contributed by atoms with Gasteiger partial charge in [0.15, 0.2) is 5.82 Å². The molecule has 1 N–H and O–H groups in total. The van der Waals surface area contributed by atoms with Crippen LogP contribution in [0, 0.1) is 0 Å². The van der Waals surface area contributed by atoms with Gasteiger partial charge in [-0.05, 0) is 32.2 Å². The molecule has 5 nitrogen and oxygen atoms in total. The summed E-state index contributed by atoms with van der Waals surface area (Å²) in [6.07, 6.45) is 8.48. The lowest BCUT2D eigenvalue weighted by molar-refractivity contribution is -0.121. The van der Waals surface area contributed by atoms with E-state index in [2.05, 4.69) is 36.1 Å². The predicted molar refractivity (Wildman–Crippen MR) is 90.4 cm³/mol. The Labute approximate surface area is 138 Å². The fourth-order valence-corrected chi connectivity index (χ4v) is 3.82. The van der Waals surface area contributed by atoms with E-state index in [1.807, 2.05) is 6.07 Å². The van der Waals surface area contributed by atoms with Crippen LogP contribution in [-0.4, -0.2) is 34.6 Å². The lowest BCUT2D eigenvalue weighted by atomic mass is 9.93. The molecule has 1 aliphatic carbocycles. The van der Waals surface area contributed by atoms with Crippen molar-refractivity contribution in [2.75, 3.05) is 11.9 Å². The normalized spacial score (nSPS) is 24.0. The molecule has 0 radical (unpaired) electrons. The zero-order valence-electron chi connectivity index (χ0n) is 14.6. The highest BCUT2D eigenvalue weighted by Gasteiger charge is 2.36. The average Bonchev–Trinajstić information content (AvgIpc) is 3.16. The van der Waals surface area contributed by atoms with Crippen molar-refractivity contribution in [2.24, 2.45) is 0 Å². The molecule has 1 saturated heterocycles. The first-order valence-corrected chi connectivity index (χ1v) is 8.99. The molecule has 2 heterocycles. The molecular formula is C18H29N3O2. The molecule has 128 valence electrons. The van der Waals surface area contributed by atoms with Crippen LogP contribution in [0.1, 0.15) is 71.5 Å². The summed E-state index contributed by atoms with van der Waals surface area (Å²) in [4.78, 5) is 15.1. The Morgan fingerprint density at radius 1 is 1.22 bits per heavy atom. The molecule has 1 amide bonds. The number of nitrogens with one attached hydrogen (secondary N) is 1. The first-order chi connectivity index (χ1) is 10.9. The van der Waals surface area contributed by atoms with Crippen LogP contribution in [0.15, 0.2) is 10.6 Å². The van der Waals surface area contributed by atoms with Crippen molar-refractivity contribution in [2.45, 2.75) is 83.2 Å². The Morgan fingerprint density at radius 3 is 2.61 bits per heavy atom. The van der Waals surface area contributed by atoms with E-state index < -0.39 is 0 Å². The minimum absolute atomic E-state index is 0.00659. The van der Waals surface area contributed by atoms with E-state index in [-0.39, 0.29) is 17.4 Å². The Morgan fingerprint density at radius 2 is 1.96 bits per heavy atom. The second kappa shape index (κ2) is 6.63. The van der Waals surface area contributed by atoms with E-state index in [1.54, 1.807) is 0 Å². The quantitative estimate of drug-likeness (QED) is 0.922. The largest absolute Gasteiger partial charge is 0.359 e. The van der Waals surface area contributed by atoms with Crippen LogP contribution in [0.25, 0.3) is 0 Å². The summed E-state index contributed by atoms with van der Waals surface area (Å²) in [5.74, 6) is 1.40. The van der Waals surface area contributed by atoms with Gasteiger partial charge in [-0.25, -0.2) is 0 Å². The molecule has 1 aliphatic heterocycles. The zero-order chi connectivity index (χ0) is 16.4. The van der Waals surface area contributed by atoms with Crippen LogP contribution >= 0.6 is 0 Å².